The van der Waals surface area contributed by atoms with Gasteiger partial charge in [-0.25, -0.2) is 4.68 Å². The predicted molar refractivity (Wildman–Crippen MR) is 105 cm³/mol. The third-order valence-corrected chi connectivity index (χ3v) is 4.17. The Bertz CT molecular complexity index is 948. The first-order valence-electron chi connectivity index (χ1n) is 8.96. The molecule has 0 bridgehead atoms. The van der Waals surface area contributed by atoms with Gasteiger partial charge in [-0.15, -0.1) is 0 Å². The molecule has 0 saturated heterocycles. The van der Waals surface area contributed by atoms with Crippen molar-refractivity contribution >= 4 is 17.5 Å². The smallest absolute Gasteiger partial charge is 0.259 e. The molecule has 2 N–H and O–H groups in total. The second-order valence-electron chi connectivity index (χ2n) is 6.00. The zero-order valence-corrected chi connectivity index (χ0v) is 15.4. The maximum Gasteiger partial charge on any atom is 0.259 e. The maximum absolute atomic E-state index is 12.8. The molecule has 2 aromatic carbocycles. The molecule has 1 aromatic heterocycles. The number of carbonyl (C=O) groups is 2. The summed E-state index contributed by atoms with van der Waals surface area (Å²) in [4.78, 5) is 24.8. The number of aromatic nitrogens is 2. The zero-order chi connectivity index (χ0) is 19.2. The van der Waals surface area contributed by atoms with E-state index in [0.717, 1.165) is 11.4 Å². The van der Waals surface area contributed by atoms with Crippen molar-refractivity contribution < 1.29 is 9.59 Å². The second-order valence-corrected chi connectivity index (χ2v) is 6.00. The van der Waals surface area contributed by atoms with Crippen LogP contribution in [0.2, 0.25) is 0 Å². The largest absolute Gasteiger partial charge is 0.352 e. The predicted octanol–water partition coefficient (Wildman–Crippen LogP) is 3.44. The number of para-hydroxylation sites is 1. The minimum atomic E-state index is -0.248. The van der Waals surface area contributed by atoms with E-state index in [4.69, 9.17) is 0 Å². The third-order valence-electron chi connectivity index (χ3n) is 4.17. The van der Waals surface area contributed by atoms with Crippen LogP contribution in [0.4, 0.5) is 5.69 Å². The minimum Gasteiger partial charge on any atom is -0.352 e. The number of anilines is 1. The molecule has 0 atom stereocenters. The third kappa shape index (κ3) is 4.06. The molecule has 0 unspecified atom stereocenters. The Kier molecular flexibility index (Phi) is 5.66. The van der Waals surface area contributed by atoms with E-state index in [0.29, 0.717) is 29.8 Å². The molecule has 0 spiro atoms. The van der Waals surface area contributed by atoms with E-state index in [1.165, 1.54) is 0 Å². The van der Waals surface area contributed by atoms with Crippen molar-refractivity contribution in [3.05, 3.63) is 77.6 Å². The van der Waals surface area contributed by atoms with Gasteiger partial charge in [-0.2, -0.15) is 5.10 Å². The average Bonchev–Trinajstić information content (AvgIpc) is 3.13. The van der Waals surface area contributed by atoms with Crippen LogP contribution in [0.5, 0.6) is 0 Å². The summed E-state index contributed by atoms with van der Waals surface area (Å²) in [5.41, 5.74) is 3.33. The van der Waals surface area contributed by atoms with Gasteiger partial charge in [-0.1, -0.05) is 31.2 Å². The SMILES string of the molecule is CCNC(=O)c1cccc(NC(=O)c2cnn(-c3ccccc3)c2CC)c1. The van der Waals surface area contributed by atoms with Gasteiger partial charge < -0.3 is 10.6 Å². The normalized spacial score (nSPS) is 10.4. The molecular weight excluding hydrogens is 340 g/mol. The van der Waals surface area contributed by atoms with E-state index in [1.807, 2.05) is 44.2 Å². The first-order chi connectivity index (χ1) is 13.1. The lowest BCUT2D eigenvalue weighted by molar-refractivity contribution is 0.0954. The van der Waals surface area contributed by atoms with Gasteiger partial charge in [-0.3, -0.25) is 9.59 Å². The highest BCUT2D eigenvalue weighted by atomic mass is 16.2. The number of hydrogen-bond acceptors (Lipinski definition) is 3. The van der Waals surface area contributed by atoms with Crippen LogP contribution in [0.1, 0.15) is 40.3 Å². The van der Waals surface area contributed by atoms with Crippen LogP contribution in [-0.2, 0) is 6.42 Å². The molecule has 0 saturated carbocycles. The van der Waals surface area contributed by atoms with Crippen LogP contribution in [0.3, 0.4) is 0 Å². The fraction of sp³-hybridized carbons (Fsp3) is 0.190. The Hall–Kier alpha value is -3.41. The topological polar surface area (TPSA) is 76.0 Å². The average molecular weight is 362 g/mol. The van der Waals surface area contributed by atoms with E-state index in [-0.39, 0.29) is 11.8 Å². The summed E-state index contributed by atoms with van der Waals surface area (Å²) in [6, 6.07) is 16.6. The van der Waals surface area contributed by atoms with Gasteiger partial charge in [0.1, 0.15) is 0 Å². The second kappa shape index (κ2) is 8.31. The summed E-state index contributed by atoms with van der Waals surface area (Å²) in [6.45, 7) is 4.40. The molecule has 3 aromatic rings. The number of benzene rings is 2. The van der Waals surface area contributed by atoms with Crippen molar-refractivity contribution in [2.75, 3.05) is 11.9 Å². The number of amides is 2. The molecule has 6 nitrogen and oxygen atoms in total. The van der Waals surface area contributed by atoms with Crippen LogP contribution in [-0.4, -0.2) is 28.1 Å². The molecule has 27 heavy (non-hydrogen) atoms. The molecule has 6 heteroatoms. The van der Waals surface area contributed by atoms with Crippen molar-refractivity contribution in [2.45, 2.75) is 20.3 Å². The summed E-state index contributed by atoms with van der Waals surface area (Å²) in [6.07, 6.45) is 2.24. The van der Waals surface area contributed by atoms with Gasteiger partial charge in [0.15, 0.2) is 0 Å². The lowest BCUT2D eigenvalue weighted by Gasteiger charge is -2.09. The van der Waals surface area contributed by atoms with E-state index >= 15 is 0 Å². The number of nitrogens with one attached hydrogen (secondary N) is 2. The van der Waals surface area contributed by atoms with Gasteiger partial charge >= 0.3 is 0 Å². The molecule has 2 amide bonds. The first kappa shape index (κ1) is 18.4. The van der Waals surface area contributed by atoms with Gasteiger partial charge in [0.05, 0.1) is 23.1 Å². The molecule has 1 heterocycles. The van der Waals surface area contributed by atoms with Crippen molar-refractivity contribution in [3.8, 4) is 5.69 Å². The highest BCUT2D eigenvalue weighted by molar-refractivity contribution is 6.05. The van der Waals surface area contributed by atoms with Crippen LogP contribution < -0.4 is 10.6 Å². The first-order valence-corrected chi connectivity index (χ1v) is 8.96. The van der Waals surface area contributed by atoms with Crippen LogP contribution >= 0.6 is 0 Å². The molecule has 0 aliphatic rings. The van der Waals surface area contributed by atoms with Crippen molar-refractivity contribution in [1.82, 2.24) is 15.1 Å². The molecule has 138 valence electrons. The molecule has 0 fully saturated rings. The number of rotatable bonds is 6. The van der Waals surface area contributed by atoms with Gasteiger partial charge in [0, 0.05) is 17.8 Å². The van der Waals surface area contributed by atoms with Crippen LogP contribution in [0.25, 0.3) is 5.69 Å². The van der Waals surface area contributed by atoms with Crippen molar-refractivity contribution in [2.24, 2.45) is 0 Å². The van der Waals surface area contributed by atoms with Gasteiger partial charge in [0.25, 0.3) is 11.8 Å². The minimum absolute atomic E-state index is 0.167. The fourth-order valence-corrected chi connectivity index (χ4v) is 2.89. The summed E-state index contributed by atoms with van der Waals surface area (Å²) in [7, 11) is 0. The lowest BCUT2D eigenvalue weighted by Crippen LogP contribution is -2.22. The fourth-order valence-electron chi connectivity index (χ4n) is 2.89. The molecule has 0 aliphatic carbocycles. The van der Waals surface area contributed by atoms with Crippen LogP contribution in [0, 0.1) is 0 Å². The maximum atomic E-state index is 12.8. The summed E-state index contributed by atoms with van der Waals surface area (Å²) in [5, 5.41) is 9.99. The quantitative estimate of drug-likeness (QED) is 0.705. The summed E-state index contributed by atoms with van der Waals surface area (Å²) in [5.74, 6) is -0.415. The molecule has 0 radical (unpaired) electrons. The van der Waals surface area contributed by atoms with Crippen LogP contribution in [0.15, 0.2) is 60.8 Å². The van der Waals surface area contributed by atoms with E-state index in [2.05, 4.69) is 15.7 Å². The number of nitrogens with zero attached hydrogens (tertiary/aromatic N) is 2. The monoisotopic (exact) mass is 362 g/mol. The number of carbonyl (C=O) groups excluding carboxylic acids is 2. The lowest BCUT2D eigenvalue weighted by atomic mass is 10.1. The Labute approximate surface area is 158 Å². The van der Waals surface area contributed by atoms with E-state index < -0.39 is 0 Å². The van der Waals surface area contributed by atoms with Crippen molar-refractivity contribution in [1.29, 1.82) is 0 Å². The Balaban J connectivity index is 1.84. The molecule has 3 rings (SSSR count). The van der Waals surface area contributed by atoms with Crippen molar-refractivity contribution in [3.63, 3.8) is 0 Å². The summed E-state index contributed by atoms with van der Waals surface area (Å²) < 4.78 is 1.78. The summed E-state index contributed by atoms with van der Waals surface area (Å²) >= 11 is 0. The number of hydrogen-bond donors (Lipinski definition) is 2. The van der Waals surface area contributed by atoms with Gasteiger partial charge in [-0.05, 0) is 43.7 Å². The van der Waals surface area contributed by atoms with E-state index in [1.54, 1.807) is 35.1 Å². The van der Waals surface area contributed by atoms with E-state index in [9.17, 15) is 9.59 Å². The Morgan fingerprint density at radius 2 is 1.78 bits per heavy atom. The zero-order valence-electron chi connectivity index (χ0n) is 15.4. The molecular formula is C21H22N4O2. The molecule has 0 aliphatic heterocycles. The Morgan fingerprint density at radius 3 is 2.48 bits per heavy atom. The Morgan fingerprint density at radius 1 is 1.00 bits per heavy atom. The standard InChI is InChI=1S/C21H22N4O2/c1-3-19-18(14-23-25(19)17-11-6-5-7-12-17)21(27)24-16-10-8-9-15(13-16)20(26)22-4-2/h5-14H,3-4H2,1-2H3,(H,22,26)(H,24,27). The van der Waals surface area contributed by atoms with Gasteiger partial charge in [0.2, 0.25) is 0 Å². The highest BCUT2D eigenvalue weighted by Crippen LogP contribution is 2.18. The highest BCUT2D eigenvalue weighted by Gasteiger charge is 2.17.